The molecule has 0 saturated heterocycles. The summed E-state index contributed by atoms with van der Waals surface area (Å²) in [6.45, 7) is 0. The zero-order valence-electron chi connectivity index (χ0n) is 11.1. The summed E-state index contributed by atoms with van der Waals surface area (Å²) in [6.07, 6.45) is 7.03. The van der Waals surface area contributed by atoms with Crippen molar-refractivity contribution >= 4 is 0 Å². The molecule has 1 atom stereocenters. The Labute approximate surface area is 109 Å². The molecule has 2 rings (SSSR count). The van der Waals surface area contributed by atoms with Crippen LogP contribution in [0.3, 0.4) is 0 Å². The molecule has 0 amide bonds. The molecule has 1 aliphatic carbocycles. The molecule has 3 nitrogen and oxygen atoms in total. The molecule has 1 aromatic carbocycles. The number of benzene rings is 1. The molecule has 3 heteroatoms. The molecule has 0 aliphatic heterocycles. The van der Waals surface area contributed by atoms with Crippen LogP contribution < -0.4 is 15.2 Å². The lowest BCUT2D eigenvalue weighted by atomic mass is 9.90. The summed E-state index contributed by atoms with van der Waals surface area (Å²) in [4.78, 5) is 0. The summed E-state index contributed by atoms with van der Waals surface area (Å²) < 4.78 is 10.6. The van der Waals surface area contributed by atoms with Crippen molar-refractivity contribution in [2.75, 3.05) is 14.2 Å². The Morgan fingerprint density at radius 1 is 1.06 bits per heavy atom. The van der Waals surface area contributed by atoms with Crippen LogP contribution in [0.4, 0.5) is 0 Å². The SMILES string of the molecule is COc1cc(OC)cc(C(N)C2=CCCCC2)c1. The van der Waals surface area contributed by atoms with Gasteiger partial charge in [-0.05, 0) is 43.4 Å². The number of rotatable bonds is 4. The quantitative estimate of drug-likeness (QED) is 0.831. The molecule has 0 bridgehead atoms. The maximum absolute atomic E-state index is 6.34. The van der Waals surface area contributed by atoms with Crippen molar-refractivity contribution < 1.29 is 9.47 Å². The minimum atomic E-state index is -0.0469. The molecular formula is C15H21NO2. The van der Waals surface area contributed by atoms with Gasteiger partial charge in [-0.1, -0.05) is 11.6 Å². The van der Waals surface area contributed by atoms with Gasteiger partial charge in [0.1, 0.15) is 11.5 Å². The van der Waals surface area contributed by atoms with E-state index in [9.17, 15) is 0 Å². The molecule has 1 aromatic rings. The Bertz CT molecular complexity index is 418. The van der Waals surface area contributed by atoms with Crippen molar-refractivity contribution in [1.29, 1.82) is 0 Å². The Hall–Kier alpha value is -1.48. The maximum atomic E-state index is 6.34. The van der Waals surface area contributed by atoms with E-state index in [0.717, 1.165) is 29.9 Å². The molecule has 1 aliphatic rings. The van der Waals surface area contributed by atoms with Crippen molar-refractivity contribution in [3.05, 3.63) is 35.4 Å². The predicted octanol–water partition coefficient (Wildman–Crippen LogP) is 3.20. The molecule has 0 saturated carbocycles. The second-order valence-corrected chi connectivity index (χ2v) is 4.65. The topological polar surface area (TPSA) is 44.5 Å². The Balaban J connectivity index is 2.28. The monoisotopic (exact) mass is 247 g/mol. The van der Waals surface area contributed by atoms with Crippen LogP contribution >= 0.6 is 0 Å². The number of nitrogens with two attached hydrogens (primary N) is 1. The third kappa shape index (κ3) is 2.85. The lowest BCUT2D eigenvalue weighted by molar-refractivity contribution is 0.393. The number of allylic oxidation sites excluding steroid dienone is 1. The average Bonchev–Trinajstić information content (AvgIpc) is 2.46. The Morgan fingerprint density at radius 3 is 2.22 bits per heavy atom. The van der Waals surface area contributed by atoms with E-state index >= 15 is 0 Å². The fraction of sp³-hybridized carbons (Fsp3) is 0.467. The van der Waals surface area contributed by atoms with Gasteiger partial charge < -0.3 is 15.2 Å². The first-order valence-corrected chi connectivity index (χ1v) is 6.42. The molecule has 18 heavy (non-hydrogen) atoms. The van der Waals surface area contributed by atoms with E-state index in [0.29, 0.717) is 0 Å². The Kier molecular flexibility index (Phi) is 4.26. The number of ether oxygens (including phenoxy) is 2. The standard InChI is InChI=1S/C15H21NO2/c1-17-13-8-12(9-14(10-13)18-2)15(16)11-6-4-3-5-7-11/h6,8-10,15H,3-5,7,16H2,1-2H3. The van der Waals surface area contributed by atoms with E-state index in [1.165, 1.54) is 18.4 Å². The number of methoxy groups -OCH3 is 2. The highest BCUT2D eigenvalue weighted by Gasteiger charge is 2.15. The normalized spacial score (nSPS) is 16.9. The summed E-state index contributed by atoms with van der Waals surface area (Å²) >= 11 is 0. The summed E-state index contributed by atoms with van der Waals surface area (Å²) in [5.41, 5.74) is 8.72. The number of hydrogen-bond acceptors (Lipinski definition) is 3. The molecule has 0 fully saturated rings. The van der Waals surface area contributed by atoms with Crippen LogP contribution in [0, 0.1) is 0 Å². The van der Waals surface area contributed by atoms with E-state index in [1.807, 2.05) is 18.2 Å². The van der Waals surface area contributed by atoms with Gasteiger partial charge in [0, 0.05) is 6.07 Å². The minimum absolute atomic E-state index is 0.0469. The van der Waals surface area contributed by atoms with E-state index in [2.05, 4.69) is 6.08 Å². The highest BCUT2D eigenvalue weighted by molar-refractivity contribution is 5.42. The van der Waals surface area contributed by atoms with Gasteiger partial charge in [-0.15, -0.1) is 0 Å². The third-order valence-corrected chi connectivity index (χ3v) is 3.46. The first kappa shape index (κ1) is 13.0. The molecule has 2 N–H and O–H groups in total. The summed E-state index contributed by atoms with van der Waals surface area (Å²) in [5, 5.41) is 0. The predicted molar refractivity (Wildman–Crippen MR) is 73.0 cm³/mol. The van der Waals surface area contributed by atoms with Crippen LogP contribution in [0.5, 0.6) is 11.5 Å². The minimum Gasteiger partial charge on any atom is -0.497 e. The van der Waals surface area contributed by atoms with Crippen LogP contribution in [-0.4, -0.2) is 14.2 Å². The van der Waals surface area contributed by atoms with E-state index in [-0.39, 0.29) is 6.04 Å². The second kappa shape index (κ2) is 5.91. The van der Waals surface area contributed by atoms with Crippen LogP contribution in [-0.2, 0) is 0 Å². The zero-order valence-corrected chi connectivity index (χ0v) is 11.1. The maximum Gasteiger partial charge on any atom is 0.122 e. The van der Waals surface area contributed by atoms with Gasteiger partial charge in [-0.3, -0.25) is 0 Å². The van der Waals surface area contributed by atoms with Crippen molar-refractivity contribution in [3.8, 4) is 11.5 Å². The highest BCUT2D eigenvalue weighted by Crippen LogP contribution is 2.32. The van der Waals surface area contributed by atoms with Crippen molar-refractivity contribution in [2.45, 2.75) is 31.7 Å². The van der Waals surface area contributed by atoms with Gasteiger partial charge in [0.15, 0.2) is 0 Å². The molecule has 0 radical (unpaired) electrons. The first-order valence-electron chi connectivity index (χ1n) is 6.42. The largest absolute Gasteiger partial charge is 0.497 e. The lowest BCUT2D eigenvalue weighted by Gasteiger charge is -2.21. The van der Waals surface area contributed by atoms with Crippen LogP contribution in [0.15, 0.2) is 29.8 Å². The summed E-state index contributed by atoms with van der Waals surface area (Å²) in [6, 6.07) is 5.80. The van der Waals surface area contributed by atoms with Gasteiger partial charge in [0.2, 0.25) is 0 Å². The van der Waals surface area contributed by atoms with E-state index < -0.39 is 0 Å². The van der Waals surface area contributed by atoms with Crippen LogP contribution in [0.2, 0.25) is 0 Å². The van der Waals surface area contributed by atoms with Crippen LogP contribution in [0.1, 0.15) is 37.3 Å². The molecule has 0 heterocycles. The molecule has 0 aromatic heterocycles. The number of hydrogen-bond donors (Lipinski definition) is 1. The first-order chi connectivity index (χ1) is 8.74. The van der Waals surface area contributed by atoms with E-state index in [4.69, 9.17) is 15.2 Å². The summed E-state index contributed by atoms with van der Waals surface area (Å²) in [7, 11) is 3.31. The summed E-state index contributed by atoms with van der Waals surface area (Å²) in [5.74, 6) is 1.58. The second-order valence-electron chi connectivity index (χ2n) is 4.65. The Morgan fingerprint density at radius 2 is 1.72 bits per heavy atom. The van der Waals surface area contributed by atoms with Gasteiger partial charge >= 0.3 is 0 Å². The highest BCUT2D eigenvalue weighted by atomic mass is 16.5. The van der Waals surface area contributed by atoms with E-state index in [1.54, 1.807) is 14.2 Å². The average molecular weight is 247 g/mol. The van der Waals surface area contributed by atoms with Crippen LogP contribution in [0.25, 0.3) is 0 Å². The van der Waals surface area contributed by atoms with Gasteiger partial charge in [0.05, 0.1) is 20.3 Å². The van der Waals surface area contributed by atoms with Gasteiger partial charge in [-0.25, -0.2) is 0 Å². The van der Waals surface area contributed by atoms with Crippen molar-refractivity contribution in [1.82, 2.24) is 0 Å². The molecular weight excluding hydrogens is 226 g/mol. The smallest absolute Gasteiger partial charge is 0.122 e. The molecule has 0 spiro atoms. The van der Waals surface area contributed by atoms with Gasteiger partial charge in [-0.2, -0.15) is 0 Å². The molecule has 98 valence electrons. The van der Waals surface area contributed by atoms with Crippen molar-refractivity contribution in [3.63, 3.8) is 0 Å². The van der Waals surface area contributed by atoms with Crippen molar-refractivity contribution in [2.24, 2.45) is 5.73 Å². The fourth-order valence-electron chi connectivity index (χ4n) is 2.37. The zero-order chi connectivity index (χ0) is 13.0. The van der Waals surface area contributed by atoms with Gasteiger partial charge in [0.25, 0.3) is 0 Å². The third-order valence-electron chi connectivity index (χ3n) is 3.46. The molecule has 1 unspecified atom stereocenters. The lowest BCUT2D eigenvalue weighted by Crippen LogP contribution is -2.15. The fourth-order valence-corrected chi connectivity index (χ4v) is 2.37.